The summed E-state index contributed by atoms with van der Waals surface area (Å²) >= 11 is 0. The fourth-order valence-corrected chi connectivity index (χ4v) is 2.89. The second-order valence-electron chi connectivity index (χ2n) is 6.19. The molecule has 27 heavy (non-hydrogen) atoms. The van der Waals surface area contributed by atoms with Crippen molar-refractivity contribution in [3.05, 3.63) is 35.4 Å². The third kappa shape index (κ3) is 7.91. The number of carbonyl (C=O) groups excluding carboxylic acids is 1. The Balaban J connectivity index is 0.00000364. The summed E-state index contributed by atoms with van der Waals surface area (Å²) < 4.78 is 37.4. The SMILES string of the molecule is CN=C(NCc1cccc(C(=O)NC)c1)NC1CCN(CC(F)(F)F)C1.I. The van der Waals surface area contributed by atoms with Gasteiger partial charge in [-0.1, -0.05) is 12.1 Å². The fourth-order valence-electron chi connectivity index (χ4n) is 2.89. The van der Waals surface area contributed by atoms with E-state index in [1.54, 1.807) is 32.3 Å². The number of amides is 1. The molecule has 1 aromatic carbocycles. The number of rotatable bonds is 5. The van der Waals surface area contributed by atoms with Crippen LogP contribution in [0, 0.1) is 0 Å². The molecule has 1 amide bonds. The van der Waals surface area contributed by atoms with Crippen LogP contribution in [0.5, 0.6) is 0 Å². The molecular formula is C17H25F3IN5O. The predicted molar refractivity (Wildman–Crippen MR) is 109 cm³/mol. The summed E-state index contributed by atoms with van der Waals surface area (Å²) in [5, 5.41) is 8.85. The molecule has 0 aliphatic carbocycles. The van der Waals surface area contributed by atoms with E-state index in [-0.39, 0.29) is 35.9 Å². The van der Waals surface area contributed by atoms with Crippen LogP contribution in [-0.4, -0.2) is 62.7 Å². The van der Waals surface area contributed by atoms with Gasteiger partial charge in [0.2, 0.25) is 0 Å². The smallest absolute Gasteiger partial charge is 0.355 e. The van der Waals surface area contributed by atoms with Gasteiger partial charge in [0.1, 0.15) is 0 Å². The molecule has 1 unspecified atom stereocenters. The maximum Gasteiger partial charge on any atom is 0.401 e. The van der Waals surface area contributed by atoms with Crippen molar-refractivity contribution < 1.29 is 18.0 Å². The Bertz CT molecular complexity index is 654. The van der Waals surface area contributed by atoms with E-state index in [9.17, 15) is 18.0 Å². The van der Waals surface area contributed by atoms with Gasteiger partial charge in [0, 0.05) is 45.3 Å². The van der Waals surface area contributed by atoms with Crippen LogP contribution in [0.25, 0.3) is 0 Å². The number of guanidine groups is 1. The van der Waals surface area contributed by atoms with Crippen molar-refractivity contribution in [3.8, 4) is 0 Å². The molecule has 0 saturated carbocycles. The van der Waals surface area contributed by atoms with Gasteiger partial charge in [-0.25, -0.2) is 0 Å². The number of aliphatic imine (C=N–C) groups is 1. The molecule has 1 atom stereocenters. The minimum Gasteiger partial charge on any atom is -0.355 e. The Labute approximate surface area is 174 Å². The zero-order valence-electron chi connectivity index (χ0n) is 15.3. The highest BCUT2D eigenvalue weighted by Gasteiger charge is 2.34. The van der Waals surface area contributed by atoms with Gasteiger partial charge in [0.15, 0.2) is 5.96 Å². The van der Waals surface area contributed by atoms with E-state index in [0.29, 0.717) is 37.6 Å². The molecular weight excluding hydrogens is 474 g/mol. The largest absolute Gasteiger partial charge is 0.401 e. The van der Waals surface area contributed by atoms with Gasteiger partial charge >= 0.3 is 6.18 Å². The number of nitrogens with one attached hydrogen (secondary N) is 3. The Morgan fingerprint density at radius 2 is 2.11 bits per heavy atom. The van der Waals surface area contributed by atoms with Gasteiger partial charge < -0.3 is 16.0 Å². The monoisotopic (exact) mass is 499 g/mol. The first kappa shape index (κ1) is 23.5. The third-order valence-electron chi connectivity index (χ3n) is 4.12. The molecule has 0 bridgehead atoms. The molecule has 1 aliphatic heterocycles. The van der Waals surface area contributed by atoms with Crippen LogP contribution in [0.2, 0.25) is 0 Å². The lowest BCUT2D eigenvalue weighted by atomic mass is 10.1. The van der Waals surface area contributed by atoms with Crippen molar-refractivity contribution >= 4 is 35.8 Å². The zero-order chi connectivity index (χ0) is 19.2. The fraction of sp³-hybridized carbons (Fsp3) is 0.529. The minimum absolute atomic E-state index is 0. The van der Waals surface area contributed by atoms with Crippen molar-refractivity contribution in [1.82, 2.24) is 20.9 Å². The van der Waals surface area contributed by atoms with Crippen LogP contribution in [0.1, 0.15) is 22.3 Å². The van der Waals surface area contributed by atoms with Gasteiger partial charge in [0.05, 0.1) is 6.54 Å². The van der Waals surface area contributed by atoms with Crippen molar-refractivity contribution in [1.29, 1.82) is 0 Å². The Morgan fingerprint density at radius 3 is 2.74 bits per heavy atom. The maximum atomic E-state index is 12.5. The molecule has 3 N–H and O–H groups in total. The number of likely N-dealkylation sites (tertiary alicyclic amines) is 1. The first-order valence-corrected chi connectivity index (χ1v) is 8.38. The number of nitrogens with zero attached hydrogens (tertiary/aromatic N) is 2. The van der Waals surface area contributed by atoms with E-state index in [1.165, 1.54) is 4.90 Å². The van der Waals surface area contributed by atoms with Gasteiger partial charge in [0.25, 0.3) is 5.91 Å². The van der Waals surface area contributed by atoms with Gasteiger partial charge in [-0.15, -0.1) is 24.0 Å². The van der Waals surface area contributed by atoms with Crippen LogP contribution in [-0.2, 0) is 6.54 Å². The molecule has 10 heteroatoms. The molecule has 1 aromatic rings. The standard InChI is InChI=1S/C17H24F3N5O.HI/c1-21-15(26)13-5-3-4-12(8-13)9-23-16(22-2)24-14-6-7-25(10-14)11-17(18,19)20;/h3-5,8,14H,6-7,9-11H2,1-2H3,(H,21,26)(H2,22,23,24);1H. The topological polar surface area (TPSA) is 68.8 Å². The first-order valence-electron chi connectivity index (χ1n) is 8.38. The molecule has 6 nitrogen and oxygen atoms in total. The first-order chi connectivity index (χ1) is 12.3. The predicted octanol–water partition coefficient (Wildman–Crippen LogP) is 1.97. The molecule has 0 radical (unpaired) electrons. The zero-order valence-corrected chi connectivity index (χ0v) is 17.6. The van der Waals surface area contributed by atoms with E-state index in [2.05, 4.69) is 20.9 Å². The number of hydrogen-bond acceptors (Lipinski definition) is 3. The summed E-state index contributed by atoms with van der Waals surface area (Å²) in [5.41, 5.74) is 1.47. The van der Waals surface area contributed by atoms with E-state index in [0.717, 1.165) is 5.56 Å². The number of carbonyl (C=O) groups is 1. The maximum absolute atomic E-state index is 12.5. The van der Waals surface area contributed by atoms with E-state index in [1.807, 2.05) is 6.07 Å². The molecule has 1 heterocycles. The lowest BCUT2D eigenvalue weighted by molar-refractivity contribution is -0.143. The van der Waals surface area contributed by atoms with Crippen LogP contribution in [0.4, 0.5) is 13.2 Å². The second kappa shape index (κ2) is 10.7. The summed E-state index contributed by atoms with van der Waals surface area (Å²) in [6.07, 6.45) is -3.55. The quantitative estimate of drug-likeness (QED) is 0.330. The lowest BCUT2D eigenvalue weighted by Crippen LogP contribution is -2.44. The van der Waals surface area contributed by atoms with Gasteiger partial charge in [-0.3, -0.25) is 14.7 Å². The number of hydrogen-bond donors (Lipinski definition) is 3. The average Bonchev–Trinajstić information content (AvgIpc) is 3.03. The number of halogens is 4. The Kier molecular flexibility index (Phi) is 9.30. The average molecular weight is 499 g/mol. The van der Waals surface area contributed by atoms with Gasteiger partial charge in [-0.2, -0.15) is 13.2 Å². The lowest BCUT2D eigenvalue weighted by Gasteiger charge is -2.20. The number of benzene rings is 1. The molecule has 1 aliphatic rings. The van der Waals surface area contributed by atoms with Crippen LogP contribution < -0.4 is 16.0 Å². The van der Waals surface area contributed by atoms with Crippen LogP contribution >= 0.6 is 24.0 Å². The van der Waals surface area contributed by atoms with Gasteiger partial charge in [-0.05, 0) is 24.1 Å². The summed E-state index contributed by atoms with van der Waals surface area (Å²) in [7, 11) is 3.18. The molecule has 2 rings (SSSR count). The van der Waals surface area contributed by atoms with Crippen molar-refractivity contribution in [2.75, 3.05) is 33.7 Å². The van der Waals surface area contributed by atoms with E-state index >= 15 is 0 Å². The van der Waals surface area contributed by atoms with E-state index in [4.69, 9.17) is 0 Å². The van der Waals surface area contributed by atoms with Crippen molar-refractivity contribution in [3.63, 3.8) is 0 Å². The van der Waals surface area contributed by atoms with Crippen molar-refractivity contribution in [2.24, 2.45) is 4.99 Å². The molecule has 1 fully saturated rings. The second-order valence-corrected chi connectivity index (χ2v) is 6.19. The van der Waals surface area contributed by atoms with E-state index < -0.39 is 12.7 Å². The Hall–Kier alpha value is -1.56. The highest BCUT2D eigenvalue weighted by molar-refractivity contribution is 14.0. The Morgan fingerprint density at radius 1 is 1.37 bits per heavy atom. The molecule has 1 saturated heterocycles. The van der Waals surface area contributed by atoms with Crippen LogP contribution in [0.3, 0.4) is 0 Å². The van der Waals surface area contributed by atoms with Crippen molar-refractivity contribution in [2.45, 2.75) is 25.2 Å². The highest BCUT2D eigenvalue weighted by atomic mass is 127. The summed E-state index contributed by atoms with van der Waals surface area (Å²) in [6.45, 7) is 0.293. The summed E-state index contributed by atoms with van der Waals surface area (Å²) in [4.78, 5) is 17.2. The normalized spacial score (nSPS) is 18.0. The molecule has 0 aromatic heterocycles. The summed E-state index contributed by atoms with van der Waals surface area (Å²) in [6, 6.07) is 7.10. The third-order valence-corrected chi connectivity index (χ3v) is 4.12. The minimum atomic E-state index is -4.18. The molecule has 0 spiro atoms. The number of alkyl halides is 3. The van der Waals surface area contributed by atoms with Crippen LogP contribution in [0.15, 0.2) is 29.3 Å². The summed E-state index contributed by atoms with van der Waals surface area (Å²) in [5.74, 6) is 0.360. The molecule has 152 valence electrons. The highest BCUT2D eigenvalue weighted by Crippen LogP contribution is 2.19.